The molecule has 0 saturated carbocycles. The molecule has 304 valence electrons. The van der Waals surface area contributed by atoms with E-state index >= 15 is 0 Å². The van der Waals surface area contributed by atoms with Gasteiger partial charge in [-0.25, -0.2) is 9.97 Å². The van der Waals surface area contributed by atoms with Gasteiger partial charge in [-0.2, -0.15) is 10.2 Å². The Labute approximate surface area is 341 Å². The second kappa shape index (κ2) is 22.6. The summed E-state index contributed by atoms with van der Waals surface area (Å²) in [7, 11) is 5.31. The smallest absolute Gasteiger partial charge is 0.325 e. The molecule has 4 aromatic heterocycles. The minimum absolute atomic E-state index is 0.0143. The third kappa shape index (κ3) is 13.8. The van der Waals surface area contributed by atoms with Crippen LogP contribution in [0.2, 0.25) is 6.82 Å². The van der Waals surface area contributed by atoms with E-state index in [1.54, 1.807) is 92.6 Å². The van der Waals surface area contributed by atoms with Gasteiger partial charge in [-0.3, -0.25) is 28.5 Å². The first kappa shape index (κ1) is 46.3. The molecule has 0 radical (unpaired) electrons. The molecule has 4 heterocycles. The molecule has 20 heteroatoms. The van der Waals surface area contributed by atoms with Gasteiger partial charge in [0.1, 0.15) is 46.0 Å². The quantitative estimate of drug-likeness (QED) is 0.0668. The maximum absolute atomic E-state index is 12.5. The largest absolute Gasteiger partial charge is 0.497 e. The van der Waals surface area contributed by atoms with Gasteiger partial charge in [0, 0.05) is 64.4 Å². The lowest BCUT2D eigenvalue weighted by Gasteiger charge is -2.05. The molecule has 0 spiro atoms. The van der Waals surface area contributed by atoms with Crippen LogP contribution >= 0.6 is 31.8 Å². The number of carbonyl (C=O) groups is 4. The highest BCUT2D eigenvalue weighted by atomic mass is 32.1. The summed E-state index contributed by atoms with van der Waals surface area (Å²) >= 11 is 3.07. The molecule has 1 atom stereocenters. The van der Waals surface area contributed by atoms with Gasteiger partial charge in [-0.1, -0.05) is 34.5 Å². The van der Waals surface area contributed by atoms with E-state index in [-0.39, 0.29) is 49.0 Å². The number of carboxylic acids is 1. The number of carboxylic acid groups (broad SMARTS) is 1. The summed E-state index contributed by atoms with van der Waals surface area (Å²) in [5, 5.41) is 35.3. The number of fused-ring (bicyclic) bond motifs is 2. The predicted molar refractivity (Wildman–Crippen MR) is 226 cm³/mol. The van der Waals surface area contributed by atoms with Crippen molar-refractivity contribution in [3.8, 4) is 11.5 Å². The van der Waals surface area contributed by atoms with Gasteiger partial charge in [0.2, 0.25) is 5.91 Å². The molecule has 16 nitrogen and oxygen atoms in total. The number of aromatic nitrogens is 6. The van der Waals surface area contributed by atoms with Gasteiger partial charge in [0.05, 0.1) is 31.8 Å². The predicted octanol–water partition coefficient (Wildman–Crippen LogP) is 5.20. The van der Waals surface area contributed by atoms with Crippen LogP contribution in [0, 0.1) is 11.8 Å². The molecule has 0 aliphatic heterocycles. The van der Waals surface area contributed by atoms with E-state index in [4.69, 9.17) is 25.3 Å². The van der Waals surface area contributed by atoms with Crippen LogP contribution in [0.5, 0.6) is 11.5 Å². The number of thiazole rings is 2. The van der Waals surface area contributed by atoms with E-state index in [0.29, 0.717) is 52.4 Å². The van der Waals surface area contributed by atoms with Gasteiger partial charge in [0.15, 0.2) is 11.6 Å². The van der Waals surface area contributed by atoms with E-state index in [1.165, 1.54) is 23.1 Å². The van der Waals surface area contributed by atoms with E-state index in [2.05, 4.69) is 34.6 Å². The van der Waals surface area contributed by atoms with Crippen LogP contribution in [0.4, 0.5) is 0 Å². The van der Waals surface area contributed by atoms with E-state index < -0.39 is 5.97 Å². The molecule has 0 aliphatic rings. The lowest BCUT2D eigenvalue weighted by atomic mass is 10.0. The molecular weight excluding hydrogens is 790 g/mol. The van der Waals surface area contributed by atoms with Gasteiger partial charge in [0.25, 0.3) is 0 Å². The SMILES string of the molecule is CB(O)P.COc1ccc2c(C(=O)C(C)C)nn(CC(=O)NCc3nccs3)c2c1.COc1ccc2c(C(=O)C(C)C)nn(CC(=O)O)c2c1.NCc1nccs1. The molecule has 0 bridgehead atoms. The van der Waals surface area contributed by atoms with Crippen molar-refractivity contribution in [1.82, 2.24) is 34.8 Å². The van der Waals surface area contributed by atoms with E-state index in [1.807, 2.05) is 24.6 Å². The summed E-state index contributed by atoms with van der Waals surface area (Å²) in [5.41, 5.74) is 7.20. The van der Waals surface area contributed by atoms with Gasteiger partial charge in [-0.05, 0) is 24.3 Å². The average molecular weight is 839 g/mol. The zero-order chi connectivity index (χ0) is 42.2. The maximum atomic E-state index is 12.5. The fraction of sp³-hybridized carbons (Fsp3) is 0.351. The number of nitrogens with zero attached hydrogens (tertiary/aromatic N) is 6. The molecule has 6 aromatic rings. The minimum Gasteiger partial charge on any atom is -0.497 e. The van der Waals surface area contributed by atoms with Crippen LogP contribution in [0.1, 0.15) is 58.7 Å². The van der Waals surface area contributed by atoms with Crippen LogP contribution < -0.4 is 20.5 Å². The Balaban J connectivity index is 0.000000246. The van der Waals surface area contributed by atoms with Gasteiger partial charge in [-0.15, -0.1) is 31.8 Å². The van der Waals surface area contributed by atoms with Crippen LogP contribution in [-0.2, 0) is 35.8 Å². The molecule has 6 rings (SSSR count). The summed E-state index contributed by atoms with van der Waals surface area (Å²) < 4.78 is 13.2. The lowest BCUT2D eigenvalue weighted by molar-refractivity contribution is -0.137. The van der Waals surface area contributed by atoms with Crippen molar-refractivity contribution in [2.75, 3.05) is 14.2 Å². The summed E-state index contributed by atoms with van der Waals surface area (Å²) in [4.78, 5) is 55.9. The van der Waals surface area contributed by atoms with Gasteiger partial charge >= 0.3 is 12.6 Å². The van der Waals surface area contributed by atoms with Crippen LogP contribution in [0.25, 0.3) is 21.8 Å². The Morgan fingerprint density at radius 3 is 1.61 bits per heavy atom. The van der Waals surface area contributed by atoms with Crippen molar-refractivity contribution in [2.24, 2.45) is 17.6 Å². The molecule has 0 fully saturated rings. The second-order valence-electron chi connectivity index (χ2n) is 12.8. The highest BCUT2D eigenvalue weighted by molar-refractivity contribution is 7.59. The zero-order valence-corrected chi connectivity index (χ0v) is 35.6. The normalized spacial score (nSPS) is 10.5. The number of nitrogens with two attached hydrogens (primary N) is 1. The third-order valence-corrected chi connectivity index (χ3v) is 9.17. The van der Waals surface area contributed by atoms with E-state index in [9.17, 15) is 19.2 Å². The van der Waals surface area contributed by atoms with Crippen molar-refractivity contribution < 1.29 is 38.8 Å². The number of amides is 1. The number of benzene rings is 2. The highest BCUT2D eigenvalue weighted by Gasteiger charge is 2.22. The summed E-state index contributed by atoms with van der Waals surface area (Å²) in [6.45, 7) is 9.32. The van der Waals surface area contributed by atoms with Crippen molar-refractivity contribution in [1.29, 1.82) is 0 Å². The number of hydrogen-bond acceptors (Lipinski definition) is 14. The minimum atomic E-state index is -1.01. The zero-order valence-electron chi connectivity index (χ0n) is 32.8. The molecule has 1 amide bonds. The molecule has 0 aliphatic carbocycles. The first-order valence-electron chi connectivity index (χ1n) is 17.7. The molecular formula is C37H48BN8O8PS2. The van der Waals surface area contributed by atoms with Crippen molar-refractivity contribution in [3.63, 3.8) is 0 Å². The number of rotatable bonds is 13. The maximum Gasteiger partial charge on any atom is 0.325 e. The Kier molecular flexibility index (Phi) is 18.4. The number of methoxy groups -OCH3 is 2. The topological polar surface area (TPSA) is 227 Å². The summed E-state index contributed by atoms with van der Waals surface area (Å²) in [6.07, 6.45) is 3.45. The first-order chi connectivity index (χ1) is 27.1. The Hall–Kier alpha value is -5.07. The Morgan fingerprint density at radius 1 is 0.825 bits per heavy atom. The molecule has 2 aromatic carbocycles. The number of hydrogen-bond donors (Lipinski definition) is 4. The van der Waals surface area contributed by atoms with E-state index in [0.717, 1.165) is 15.4 Å². The van der Waals surface area contributed by atoms with Crippen molar-refractivity contribution in [2.45, 2.75) is 60.7 Å². The number of carbonyl (C=O) groups excluding carboxylic acids is 3. The second-order valence-corrected chi connectivity index (χ2v) is 15.7. The van der Waals surface area contributed by atoms with Crippen LogP contribution in [0.15, 0.2) is 59.6 Å². The number of aliphatic carboxylic acids is 1. The number of Topliss-reactive ketones (excluding diaryl/α,β-unsaturated/α-hetero) is 2. The highest BCUT2D eigenvalue weighted by Crippen LogP contribution is 2.27. The lowest BCUT2D eigenvalue weighted by Crippen LogP contribution is -2.27. The molecule has 0 saturated heterocycles. The first-order valence-corrected chi connectivity index (χ1v) is 20.1. The molecule has 1 unspecified atom stereocenters. The third-order valence-electron chi connectivity index (χ3n) is 7.59. The Morgan fingerprint density at radius 2 is 1.26 bits per heavy atom. The number of nitrogens with one attached hydrogen (secondary N) is 1. The fourth-order valence-corrected chi connectivity index (χ4v) is 5.95. The fourth-order valence-electron chi connectivity index (χ4n) is 4.90. The van der Waals surface area contributed by atoms with Gasteiger partial charge < -0.3 is 30.7 Å². The number of ether oxygens (including phenoxy) is 2. The van der Waals surface area contributed by atoms with Crippen molar-refractivity contribution in [3.05, 3.63) is 81.0 Å². The summed E-state index contributed by atoms with van der Waals surface area (Å²) in [5.74, 6) is -0.517. The molecule has 57 heavy (non-hydrogen) atoms. The monoisotopic (exact) mass is 838 g/mol. The molecule has 5 N–H and O–H groups in total. The van der Waals surface area contributed by atoms with Crippen LogP contribution in [0.3, 0.4) is 0 Å². The average Bonchev–Trinajstić information content (AvgIpc) is 4.01. The van der Waals surface area contributed by atoms with Crippen LogP contribution in [-0.4, -0.2) is 84.0 Å². The van der Waals surface area contributed by atoms with Crippen molar-refractivity contribution >= 4 is 83.7 Å². The standard InChI is InChI=1S/C18H20N4O3S.C14H16N2O4.C4H6N2S.CH6BOP/c1-11(2)18(24)17-13-5-4-12(25-3)8-14(13)22(21-17)10-15(23)20-9-16-19-6-7-26-16;1-8(2)14(19)13-10-5-4-9(20-3)6-11(10)16(15-13)7-12(17)18;5-3-4-6-1-2-7-4;1-2(3)4/h4-8,11H,9-10H2,1-3H3,(H,20,23);4-6,8H,7H2,1-3H3,(H,17,18);1-2H,3,5H2;3H,4H2,1H3. The summed E-state index contributed by atoms with van der Waals surface area (Å²) in [6, 6.07) is 10.5. The Bertz CT molecular complexity index is 2220. The number of ketones is 2.